The van der Waals surface area contributed by atoms with E-state index in [0.717, 1.165) is 44.0 Å². The molecule has 3 heteroatoms. The predicted octanol–water partition coefficient (Wildman–Crippen LogP) is 9.79. The van der Waals surface area contributed by atoms with Crippen molar-refractivity contribution in [2.75, 3.05) is 6.66 Å². The highest BCUT2D eigenvalue weighted by molar-refractivity contribution is 7.79. The Kier molecular flexibility index (Phi) is 5.73. The summed E-state index contributed by atoms with van der Waals surface area (Å²) in [6.45, 7) is 1.89. The maximum atomic E-state index is 13.9. The van der Waals surface area contributed by atoms with E-state index in [1.807, 2.05) is 49.1 Å². The van der Waals surface area contributed by atoms with Crippen molar-refractivity contribution in [3.63, 3.8) is 0 Å². The summed E-state index contributed by atoms with van der Waals surface area (Å²) in [7, 11) is -2.62. The van der Waals surface area contributed by atoms with Crippen LogP contribution >= 0.6 is 7.14 Å². The Hall–Kier alpha value is -5.22. The number of fused-ring (bicyclic) bond motifs is 5. The molecule has 202 valence electrons. The smallest absolute Gasteiger partial charge is 0.141 e. The first kappa shape index (κ1) is 25.5. The number of nitrogens with zero attached hydrogens (tertiary/aromatic N) is 1. The molecule has 0 saturated carbocycles. The summed E-state index contributed by atoms with van der Waals surface area (Å²) in [5.74, 6) is 0. The van der Waals surface area contributed by atoms with E-state index in [2.05, 4.69) is 103 Å². The fourth-order valence-corrected chi connectivity index (χ4v) is 9.09. The van der Waals surface area contributed by atoms with Crippen LogP contribution in [0, 0.1) is 11.3 Å². The summed E-state index contributed by atoms with van der Waals surface area (Å²) >= 11 is 0. The Bertz CT molecular complexity index is 2270. The summed E-state index contributed by atoms with van der Waals surface area (Å²) < 4.78 is 13.9. The highest BCUT2D eigenvalue weighted by atomic mass is 31.2. The summed E-state index contributed by atoms with van der Waals surface area (Å²) in [6.07, 6.45) is 0. The van der Waals surface area contributed by atoms with Gasteiger partial charge in [0.25, 0.3) is 0 Å². The molecule has 43 heavy (non-hydrogen) atoms. The van der Waals surface area contributed by atoms with Gasteiger partial charge < -0.3 is 4.57 Å². The van der Waals surface area contributed by atoms with Gasteiger partial charge in [-0.15, -0.1) is 0 Å². The lowest BCUT2D eigenvalue weighted by Crippen LogP contribution is -2.07. The second kappa shape index (κ2) is 9.67. The van der Waals surface area contributed by atoms with Crippen LogP contribution in [0.3, 0.4) is 0 Å². The average molecular weight is 568 g/mol. The quantitative estimate of drug-likeness (QED) is 0.158. The molecule has 0 fully saturated rings. The molecule has 0 radical (unpaired) electrons. The Morgan fingerprint density at radius 1 is 0.488 bits per heavy atom. The third-order valence-corrected chi connectivity index (χ3v) is 11.5. The zero-order chi connectivity index (χ0) is 29.1. The summed E-state index contributed by atoms with van der Waals surface area (Å²) in [5, 5.41) is 15.9. The fraction of sp³-hybridized carbons (Fsp3) is 0.0250. The molecule has 0 bridgehead atoms. The third-order valence-electron chi connectivity index (χ3n) is 8.85. The topological polar surface area (TPSA) is 40.9 Å². The maximum Gasteiger partial charge on any atom is 0.141 e. The SMILES string of the molecule is CP1(=O)c2ccccc2-c2cc(-c3c4ccccc4c(-c4ccc(-c5ccc(C#N)cc5)cc4)c4ccccc34)ccc21. The molecule has 1 aliphatic rings. The van der Waals surface area contributed by atoms with Crippen molar-refractivity contribution in [3.05, 3.63) is 145 Å². The summed E-state index contributed by atoms with van der Waals surface area (Å²) in [4.78, 5) is 0. The normalized spacial score (nSPS) is 15.3. The molecular weight excluding hydrogens is 541 g/mol. The molecule has 0 aromatic heterocycles. The summed E-state index contributed by atoms with van der Waals surface area (Å²) in [5.41, 5.74) is 9.72. The van der Waals surface area contributed by atoms with Crippen LogP contribution < -0.4 is 10.6 Å². The molecule has 0 saturated heterocycles. The second-order valence-electron chi connectivity index (χ2n) is 11.3. The van der Waals surface area contributed by atoms with E-state index in [1.54, 1.807) is 0 Å². The lowest BCUT2D eigenvalue weighted by Gasteiger charge is -2.18. The van der Waals surface area contributed by atoms with E-state index in [-0.39, 0.29) is 0 Å². The molecule has 7 aromatic carbocycles. The Morgan fingerprint density at radius 2 is 0.930 bits per heavy atom. The van der Waals surface area contributed by atoms with Gasteiger partial charge in [-0.1, -0.05) is 115 Å². The number of rotatable bonds is 3. The van der Waals surface area contributed by atoms with E-state index in [1.165, 1.54) is 32.7 Å². The Balaban J connectivity index is 1.34. The highest BCUT2D eigenvalue weighted by Gasteiger charge is 2.34. The molecule has 1 unspecified atom stereocenters. The van der Waals surface area contributed by atoms with Gasteiger partial charge in [0, 0.05) is 10.6 Å². The fourth-order valence-electron chi connectivity index (χ4n) is 6.80. The second-order valence-corrected chi connectivity index (χ2v) is 14.1. The number of hydrogen-bond acceptors (Lipinski definition) is 2. The molecule has 0 amide bonds. The molecule has 0 aliphatic carbocycles. The van der Waals surface area contributed by atoms with Crippen LogP contribution in [-0.2, 0) is 4.57 Å². The monoisotopic (exact) mass is 567 g/mol. The lowest BCUT2D eigenvalue weighted by atomic mass is 9.85. The number of hydrogen-bond donors (Lipinski definition) is 0. The maximum absolute atomic E-state index is 13.9. The number of benzene rings is 7. The van der Waals surface area contributed by atoms with E-state index < -0.39 is 7.14 Å². The van der Waals surface area contributed by atoms with Crippen molar-refractivity contribution in [1.82, 2.24) is 0 Å². The standard InChI is InChI=1S/C40H26NOP/c1-43(42)37-13-7-6-8-31(37)36-24-30(22-23-38(36)43)40-34-11-4-2-9-32(34)39(33-10-3-5-12-35(33)40)29-20-18-28(19-21-29)27-16-14-26(25-41)15-17-27/h2-24H,1H3. The van der Waals surface area contributed by atoms with Gasteiger partial charge in [-0.3, -0.25) is 0 Å². The van der Waals surface area contributed by atoms with Crippen LogP contribution in [0.25, 0.3) is 66.1 Å². The van der Waals surface area contributed by atoms with Crippen LogP contribution in [0.4, 0.5) is 0 Å². The van der Waals surface area contributed by atoms with E-state index >= 15 is 0 Å². The van der Waals surface area contributed by atoms with Crippen LogP contribution in [-0.4, -0.2) is 6.66 Å². The van der Waals surface area contributed by atoms with Crippen LogP contribution in [0.15, 0.2) is 140 Å². The molecule has 7 aromatic rings. The van der Waals surface area contributed by atoms with Crippen LogP contribution in [0.5, 0.6) is 0 Å². The van der Waals surface area contributed by atoms with E-state index in [0.29, 0.717) is 5.56 Å². The molecule has 1 heterocycles. The minimum absolute atomic E-state index is 0.662. The molecule has 0 N–H and O–H groups in total. The van der Waals surface area contributed by atoms with Gasteiger partial charge in [-0.2, -0.15) is 5.26 Å². The zero-order valence-corrected chi connectivity index (χ0v) is 24.5. The van der Waals surface area contributed by atoms with Gasteiger partial charge in [0.15, 0.2) is 0 Å². The predicted molar refractivity (Wildman–Crippen MR) is 181 cm³/mol. The van der Waals surface area contributed by atoms with Crippen molar-refractivity contribution in [2.45, 2.75) is 0 Å². The minimum atomic E-state index is -2.62. The Labute approximate surface area is 250 Å². The van der Waals surface area contributed by atoms with Gasteiger partial charge in [-0.25, -0.2) is 0 Å². The van der Waals surface area contributed by atoms with Gasteiger partial charge in [0.1, 0.15) is 7.14 Å². The molecular formula is C40H26NOP. The highest BCUT2D eigenvalue weighted by Crippen LogP contribution is 2.51. The largest absolute Gasteiger partial charge is 0.314 e. The van der Waals surface area contributed by atoms with E-state index in [4.69, 9.17) is 5.26 Å². The zero-order valence-electron chi connectivity index (χ0n) is 23.6. The van der Waals surface area contributed by atoms with Crippen LogP contribution in [0.2, 0.25) is 0 Å². The van der Waals surface area contributed by atoms with E-state index in [9.17, 15) is 4.57 Å². The van der Waals surface area contributed by atoms with Crippen molar-refractivity contribution in [3.8, 4) is 50.6 Å². The van der Waals surface area contributed by atoms with Gasteiger partial charge >= 0.3 is 0 Å². The first-order valence-corrected chi connectivity index (χ1v) is 16.6. The first-order valence-electron chi connectivity index (χ1n) is 14.4. The molecule has 8 rings (SSSR count). The van der Waals surface area contributed by atoms with Crippen molar-refractivity contribution in [2.24, 2.45) is 0 Å². The Morgan fingerprint density at radius 3 is 1.51 bits per heavy atom. The summed E-state index contributed by atoms with van der Waals surface area (Å²) in [6, 6.07) is 50.6. The van der Waals surface area contributed by atoms with Crippen molar-refractivity contribution < 1.29 is 4.57 Å². The van der Waals surface area contributed by atoms with Gasteiger partial charge in [0.05, 0.1) is 11.6 Å². The van der Waals surface area contributed by atoms with Crippen molar-refractivity contribution >= 4 is 39.3 Å². The number of nitriles is 1. The average Bonchev–Trinajstić information content (AvgIpc) is 3.29. The first-order chi connectivity index (χ1) is 21.0. The van der Waals surface area contributed by atoms with Gasteiger partial charge in [-0.05, 0) is 97.0 Å². The lowest BCUT2D eigenvalue weighted by molar-refractivity contribution is 0.591. The van der Waals surface area contributed by atoms with Crippen LogP contribution in [0.1, 0.15) is 5.56 Å². The third kappa shape index (κ3) is 3.90. The molecule has 1 aliphatic heterocycles. The van der Waals surface area contributed by atoms with Crippen molar-refractivity contribution in [1.29, 1.82) is 5.26 Å². The molecule has 1 atom stereocenters. The molecule has 0 spiro atoms. The van der Waals surface area contributed by atoms with Gasteiger partial charge in [0.2, 0.25) is 0 Å². The minimum Gasteiger partial charge on any atom is -0.314 e. The molecule has 2 nitrogen and oxygen atoms in total.